The van der Waals surface area contributed by atoms with Crippen LogP contribution in [0.1, 0.15) is 19.3 Å². The Morgan fingerprint density at radius 1 is 1.00 bits per heavy atom. The van der Waals surface area contributed by atoms with Gasteiger partial charge in [-0.1, -0.05) is 0 Å². The molecule has 1 aromatic carbocycles. The van der Waals surface area contributed by atoms with Crippen LogP contribution in [0.5, 0.6) is 5.75 Å². The molecule has 6 nitrogen and oxygen atoms in total. The maximum absolute atomic E-state index is 11.5. The molecule has 0 heterocycles. The fourth-order valence-corrected chi connectivity index (χ4v) is 1.43. The minimum atomic E-state index is -0.743. The van der Waals surface area contributed by atoms with Gasteiger partial charge in [-0.05, 0) is 43.5 Å². The quantitative estimate of drug-likeness (QED) is 0.344. The Labute approximate surface area is 111 Å². The molecule has 0 aromatic heterocycles. The van der Waals surface area contributed by atoms with Crippen LogP contribution in [-0.2, 0) is 9.59 Å². The standard InChI is InChI=1S/C13H18N2O4/c16-9-3-1-2-8-14-12(18)13(19)15-10-4-6-11(17)7-5-10/h4-7,16-17H,1-3,8-9H2,(H,14,18)(H,15,19). The van der Waals surface area contributed by atoms with E-state index in [1.54, 1.807) is 0 Å². The first-order chi connectivity index (χ1) is 9.13. The van der Waals surface area contributed by atoms with Crippen molar-refractivity contribution in [2.45, 2.75) is 19.3 Å². The minimum Gasteiger partial charge on any atom is -0.508 e. The summed E-state index contributed by atoms with van der Waals surface area (Å²) in [4.78, 5) is 22.9. The molecule has 2 amide bonds. The predicted octanol–water partition coefficient (Wildman–Crippen LogP) is 0.609. The van der Waals surface area contributed by atoms with Crippen molar-refractivity contribution < 1.29 is 19.8 Å². The molecule has 0 saturated heterocycles. The summed E-state index contributed by atoms with van der Waals surface area (Å²) in [5.74, 6) is -1.35. The number of hydrogen-bond acceptors (Lipinski definition) is 4. The van der Waals surface area contributed by atoms with Crippen molar-refractivity contribution in [2.24, 2.45) is 0 Å². The van der Waals surface area contributed by atoms with Gasteiger partial charge in [0.1, 0.15) is 5.75 Å². The van der Waals surface area contributed by atoms with E-state index in [9.17, 15) is 9.59 Å². The monoisotopic (exact) mass is 266 g/mol. The number of anilines is 1. The second kappa shape index (κ2) is 8.10. The van der Waals surface area contributed by atoms with E-state index in [0.717, 1.165) is 12.8 Å². The van der Waals surface area contributed by atoms with Crippen molar-refractivity contribution in [1.29, 1.82) is 0 Å². The van der Waals surface area contributed by atoms with Crippen LogP contribution in [0.2, 0.25) is 0 Å². The fourth-order valence-electron chi connectivity index (χ4n) is 1.43. The van der Waals surface area contributed by atoms with Crippen LogP contribution in [0, 0.1) is 0 Å². The molecule has 0 fully saturated rings. The van der Waals surface area contributed by atoms with E-state index in [1.807, 2.05) is 0 Å². The summed E-state index contributed by atoms with van der Waals surface area (Å²) in [6.07, 6.45) is 2.21. The SMILES string of the molecule is O=C(NCCCCCO)C(=O)Nc1ccc(O)cc1. The summed E-state index contributed by atoms with van der Waals surface area (Å²) in [6, 6.07) is 5.84. The highest BCUT2D eigenvalue weighted by Crippen LogP contribution is 2.13. The van der Waals surface area contributed by atoms with Gasteiger partial charge in [-0.15, -0.1) is 0 Å². The van der Waals surface area contributed by atoms with Crippen molar-refractivity contribution in [3.63, 3.8) is 0 Å². The zero-order valence-electron chi connectivity index (χ0n) is 10.6. The molecule has 1 rings (SSSR count). The van der Waals surface area contributed by atoms with Gasteiger partial charge in [-0.3, -0.25) is 9.59 Å². The molecule has 4 N–H and O–H groups in total. The molecule has 0 saturated carbocycles. The number of rotatable bonds is 6. The lowest BCUT2D eigenvalue weighted by molar-refractivity contribution is -0.136. The molecular formula is C13H18N2O4. The molecule has 104 valence electrons. The van der Waals surface area contributed by atoms with Gasteiger partial charge in [-0.2, -0.15) is 0 Å². The topological polar surface area (TPSA) is 98.7 Å². The average Bonchev–Trinajstić information content (AvgIpc) is 2.41. The molecular weight excluding hydrogens is 248 g/mol. The van der Waals surface area contributed by atoms with E-state index in [4.69, 9.17) is 10.2 Å². The van der Waals surface area contributed by atoms with Gasteiger partial charge >= 0.3 is 11.8 Å². The molecule has 0 unspecified atom stereocenters. The summed E-state index contributed by atoms with van der Waals surface area (Å²) >= 11 is 0. The van der Waals surface area contributed by atoms with E-state index in [2.05, 4.69) is 10.6 Å². The molecule has 0 aliphatic heterocycles. The second-order valence-corrected chi connectivity index (χ2v) is 4.04. The van der Waals surface area contributed by atoms with Crippen LogP contribution in [0.3, 0.4) is 0 Å². The molecule has 0 aliphatic rings. The molecule has 19 heavy (non-hydrogen) atoms. The largest absolute Gasteiger partial charge is 0.508 e. The average molecular weight is 266 g/mol. The van der Waals surface area contributed by atoms with Gasteiger partial charge in [-0.25, -0.2) is 0 Å². The third kappa shape index (κ3) is 5.87. The zero-order chi connectivity index (χ0) is 14.1. The van der Waals surface area contributed by atoms with E-state index in [0.29, 0.717) is 18.7 Å². The van der Waals surface area contributed by atoms with Crippen molar-refractivity contribution in [3.05, 3.63) is 24.3 Å². The maximum atomic E-state index is 11.5. The number of aromatic hydroxyl groups is 1. The Morgan fingerprint density at radius 2 is 1.68 bits per heavy atom. The first-order valence-electron chi connectivity index (χ1n) is 6.12. The van der Waals surface area contributed by atoms with Crippen LogP contribution in [0.15, 0.2) is 24.3 Å². The Bertz CT molecular complexity index is 417. The van der Waals surface area contributed by atoms with Crippen molar-refractivity contribution in [3.8, 4) is 5.75 Å². The number of phenolic OH excluding ortho intramolecular Hbond substituents is 1. The maximum Gasteiger partial charge on any atom is 0.313 e. The summed E-state index contributed by atoms with van der Waals surface area (Å²) in [5, 5.41) is 22.6. The summed E-state index contributed by atoms with van der Waals surface area (Å²) in [7, 11) is 0. The second-order valence-electron chi connectivity index (χ2n) is 4.04. The van der Waals surface area contributed by atoms with Crippen LogP contribution < -0.4 is 10.6 Å². The smallest absolute Gasteiger partial charge is 0.313 e. The highest BCUT2D eigenvalue weighted by molar-refractivity contribution is 6.39. The number of unbranched alkanes of at least 4 members (excludes halogenated alkanes) is 2. The zero-order valence-corrected chi connectivity index (χ0v) is 10.6. The number of amides is 2. The van der Waals surface area contributed by atoms with E-state index in [-0.39, 0.29) is 12.4 Å². The lowest BCUT2D eigenvalue weighted by Crippen LogP contribution is -2.35. The predicted molar refractivity (Wildman–Crippen MR) is 70.7 cm³/mol. The first kappa shape index (κ1) is 15.0. The summed E-state index contributed by atoms with van der Waals surface area (Å²) in [5.41, 5.74) is 0.443. The minimum absolute atomic E-state index is 0.0892. The summed E-state index contributed by atoms with van der Waals surface area (Å²) in [6.45, 7) is 0.539. The van der Waals surface area contributed by atoms with Crippen LogP contribution >= 0.6 is 0 Å². The van der Waals surface area contributed by atoms with Crippen molar-refractivity contribution in [2.75, 3.05) is 18.5 Å². The third-order valence-corrected chi connectivity index (χ3v) is 2.45. The number of phenols is 1. The van der Waals surface area contributed by atoms with Gasteiger partial charge in [0, 0.05) is 18.8 Å². The normalized spacial score (nSPS) is 9.95. The first-order valence-corrected chi connectivity index (χ1v) is 6.12. The van der Waals surface area contributed by atoms with E-state index in [1.165, 1.54) is 24.3 Å². The number of carbonyl (C=O) groups is 2. The molecule has 0 aliphatic carbocycles. The Morgan fingerprint density at radius 3 is 2.32 bits per heavy atom. The number of benzene rings is 1. The Balaban J connectivity index is 2.28. The number of nitrogens with one attached hydrogen (secondary N) is 2. The fraction of sp³-hybridized carbons (Fsp3) is 0.385. The molecule has 0 bridgehead atoms. The van der Waals surface area contributed by atoms with Gasteiger partial charge < -0.3 is 20.8 Å². The van der Waals surface area contributed by atoms with Crippen molar-refractivity contribution >= 4 is 17.5 Å². The van der Waals surface area contributed by atoms with Gasteiger partial charge in [0.25, 0.3) is 0 Å². The molecule has 6 heteroatoms. The van der Waals surface area contributed by atoms with Gasteiger partial charge in [0.05, 0.1) is 0 Å². The lowest BCUT2D eigenvalue weighted by Gasteiger charge is -2.06. The molecule has 0 spiro atoms. The molecule has 1 aromatic rings. The lowest BCUT2D eigenvalue weighted by atomic mass is 10.2. The highest BCUT2D eigenvalue weighted by atomic mass is 16.3. The van der Waals surface area contributed by atoms with E-state index >= 15 is 0 Å². The van der Waals surface area contributed by atoms with Crippen LogP contribution in [0.4, 0.5) is 5.69 Å². The number of aliphatic hydroxyl groups is 1. The molecule has 0 atom stereocenters. The van der Waals surface area contributed by atoms with Gasteiger partial charge in [0.2, 0.25) is 0 Å². The molecule has 0 radical (unpaired) electrons. The third-order valence-electron chi connectivity index (χ3n) is 2.45. The van der Waals surface area contributed by atoms with Gasteiger partial charge in [0.15, 0.2) is 0 Å². The van der Waals surface area contributed by atoms with Crippen LogP contribution in [0.25, 0.3) is 0 Å². The number of aliphatic hydroxyl groups excluding tert-OH is 1. The number of hydrogen-bond donors (Lipinski definition) is 4. The highest BCUT2D eigenvalue weighted by Gasteiger charge is 2.12. The summed E-state index contributed by atoms with van der Waals surface area (Å²) < 4.78 is 0. The van der Waals surface area contributed by atoms with Crippen molar-refractivity contribution in [1.82, 2.24) is 5.32 Å². The number of carbonyl (C=O) groups excluding carboxylic acids is 2. The Kier molecular flexibility index (Phi) is 6.38. The van der Waals surface area contributed by atoms with E-state index < -0.39 is 11.8 Å². The Hall–Kier alpha value is -2.08. The van der Waals surface area contributed by atoms with Crippen LogP contribution in [-0.4, -0.2) is 35.2 Å².